The van der Waals surface area contributed by atoms with Crippen LogP contribution >= 0.6 is 11.6 Å². The highest BCUT2D eigenvalue weighted by molar-refractivity contribution is 6.30. The number of nitrogens with two attached hydrogens (primary N) is 1. The molecule has 138 valence electrons. The summed E-state index contributed by atoms with van der Waals surface area (Å²) in [6.45, 7) is 4.00. The molecule has 0 atom stereocenters. The second kappa shape index (κ2) is 7.84. The van der Waals surface area contributed by atoms with Gasteiger partial charge in [-0.25, -0.2) is 4.99 Å². The maximum absolute atomic E-state index is 6.26. The van der Waals surface area contributed by atoms with Crippen LogP contribution in [0.2, 0.25) is 5.02 Å². The summed E-state index contributed by atoms with van der Waals surface area (Å²) in [6, 6.07) is 18.2. The first kappa shape index (κ1) is 17.6. The Morgan fingerprint density at radius 3 is 2.52 bits per heavy atom. The monoisotopic (exact) mass is 379 g/mol. The third kappa shape index (κ3) is 3.98. The smallest absolute Gasteiger partial charge is 0.191 e. The van der Waals surface area contributed by atoms with E-state index in [0.29, 0.717) is 12.5 Å². The Labute approximate surface area is 164 Å². The van der Waals surface area contributed by atoms with E-state index < -0.39 is 0 Å². The van der Waals surface area contributed by atoms with Crippen molar-refractivity contribution in [3.05, 3.63) is 71.5 Å². The van der Waals surface area contributed by atoms with Crippen LogP contribution in [0.15, 0.2) is 65.8 Å². The Hall–Kier alpha value is -2.79. The summed E-state index contributed by atoms with van der Waals surface area (Å²) in [7, 11) is 0. The lowest BCUT2D eigenvalue weighted by molar-refractivity contribution is 0.380. The lowest BCUT2D eigenvalue weighted by atomic mass is 10.1. The number of fused-ring (bicyclic) bond motifs is 1. The summed E-state index contributed by atoms with van der Waals surface area (Å²) in [4.78, 5) is 13.6. The van der Waals surface area contributed by atoms with Crippen molar-refractivity contribution in [2.75, 3.05) is 31.1 Å². The van der Waals surface area contributed by atoms with Crippen LogP contribution in [0.3, 0.4) is 0 Å². The number of aliphatic imine (C=N–C) groups is 1. The van der Waals surface area contributed by atoms with Crippen molar-refractivity contribution in [1.82, 2.24) is 9.88 Å². The quantitative estimate of drug-likeness (QED) is 0.558. The molecule has 27 heavy (non-hydrogen) atoms. The summed E-state index contributed by atoms with van der Waals surface area (Å²) in [6.07, 6.45) is 1.83. The molecule has 1 fully saturated rings. The van der Waals surface area contributed by atoms with Gasteiger partial charge in [0, 0.05) is 48.5 Å². The Bertz CT molecular complexity index is 941. The van der Waals surface area contributed by atoms with Crippen molar-refractivity contribution in [3.63, 3.8) is 0 Å². The van der Waals surface area contributed by atoms with E-state index in [1.807, 2.05) is 36.5 Å². The van der Waals surface area contributed by atoms with E-state index in [1.54, 1.807) is 0 Å². The predicted octanol–water partition coefficient (Wildman–Crippen LogP) is 3.53. The fourth-order valence-corrected chi connectivity index (χ4v) is 3.54. The maximum Gasteiger partial charge on any atom is 0.191 e. The second-order valence-electron chi connectivity index (χ2n) is 6.60. The first-order valence-corrected chi connectivity index (χ1v) is 9.46. The standard InChI is InChI=1S/C21H22ClN5/c22-17-5-7-18(8-6-17)26-11-13-27(14-12-26)21(23)25-15-20-19-4-2-1-3-16(19)9-10-24-20/h1-10H,11-15H2,(H2,23,25). The fourth-order valence-electron chi connectivity index (χ4n) is 3.41. The van der Waals surface area contributed by atoms with Crippen LogP contribution in [-0.2, 0) is 6.54 Å². The highest BCUT2D eigenvalue weighted by Crippen LogP contribution is 2.20. The third-order valence-electron chi connectivity index (χ3n) is 4.94. The summed E-state index contributed by atoms with van der Waals surface area (Å²) in [5.41, 5.74) is 8.40. The largest absolute Gasteiger partial charge is 0.370 e. The average Bonchev–Trinajstić information content (AvgIpc) is 2.72. The van der Waals surface area contributed by atoms with Gasteiger partial charge >= 0.3 is 0 Å². The molecule has 2 heterocycles. The Balaban J connectivity index is 1.40. The first-order valence-electron chi connectivity index (χ1n) is 9.09. The van der Waals surface area contributed by atoms with Gasteiger partial charge in [0.1, 0.15) is 0 Å². The van der Waals surface area contributed by atoms with E-state index in [0.717, 1.165) is 42.3 Å². The van der Waals surface area contributed by atoms with Crippen LogP contribution in [0.5, 0.6) is 0 Å². The van der Waals surface area contributed by atoms with Crippen molar-refractivity contribution >= 4 is 34.0 Å². The molecule has 0 bridgehead atoms. The molecule has 5 nitrogen and oxygen atoms in total. The second-order valence-corrected chi connectivity index (χ2v) is 7.04. The molecule has 1 saturated heterocycles. The predicted molar refractivity (Wildman–Crippen MR) is 112 cm³/mol. The maximum atomic E-state index is 6.26. The lowest BCUT2D eigenvalue weighted by Gasteiger charge is -2.36. The number of hydrogen-bond donors (Lipinski definition) is 1. The van der Waals surface area contributed by atoms with E-state index in [2.05, 4.69) is 44.0 Å². The van der Waals surface area contributed by atoms with Crippen molar-refractivity contribution in [2.24, 2.45) is 10.7 Å². The SMILES string of the molecule is NC(=NCc1nccc2ccccc12)N1CCN(c2ccc(Cl)cc2)CC1. The van der Waals surface area contributed by atoms with Gasteiger partial charge < -0.3 is 15.5 Å². The van der Waals surface area contributed by atoms with Crippen LogP contribution in [0, 0.1) is 0 Å². The van der Waals surface area contributed by atoms with Crippen LogP contribution in [0.25, 0.3) is 10.8 Å². The minimum Gasteiger partial charge on any atom is -0.370 e. The van der Waals surface area contributed by atoms with E-state index in [4.69, 9.17) is 17.3 Å². The van der Waals surface area contributed by atoms with Gasteiger partial charge in [-0.15, -0.1) is 0 Å². The number of piperazine rings is 1. The van der Waals surface area contributed by atoms with Gasteiger partial charge in [-0.1, -0.05) is 35.9 Å². The number of rotatable bonds is 3. The number of guanidine groups is 1. The summed E-state index contributed by atoms with van der Waals surface area (Å²) >= 11 is 5.97. The van der Waals surface area contributed by atoms with Gasteiger partial charge in [0.05, 0.1) is 12.2 Å². The number of hydrogen-bond acceptors (Lipinski definition) is 3. The van der Waals surface area contributed by atoms with Crippen molar-refractivity contribution in [1.29, 1.82) is 0 Å². The molecule has 0 unspecified atom stereocenters. The fraction of sp³-hybridized carbons (Fsp3) is 0.238. The molecule has 3 aromatic rings. The van der Waals surface area contributed by atoms with Crippen LogP contribution in [-0.4, -0.2) is 42.0 Å². The molecule has 0 aliphatic carbocycles. The van der Waals surface area contributed by atoms with E-state index in [-0.39, 0.29) is 0 Å². The lowest BCUT2D eigenvalue weighted by Crippen LogP contribution is -2.51. The molecule has 0 spiro atoms. The zero-order valence-electron chi connectivity index (χ0n) is 15.1. The molecule has 1 aliphatic rings. The minimum absolute atomic E-state index is 0.491. The van der Waals surface area contributed by atoms with Crippen LogP contribution in [0.4, 0.5) is 5.69 Å². The molecule has 4 rings (SSSR count). The first-order chi connectivity index (χ1) is 13.2. The Morgan fingerprint density at radius 1 is 1.00 bits per heavy atom. The highest BCUT2D eigenvalue weighted by Gasteiger charge is 2.18. The van der Waals surface area contributed by atoms with Gasteiger partial charge in [0.2, 0.25) is 0 Å². The normalized spacial score (nSPS) is 15.4. The van der Waals surface area contributed by atoms with Crippen LogP contribution < -0.4 is 10.6 Å². The van der Waals surface area contributed by atoms with Gasteiger partial charge in [-0.3, -0.25) is 4.98 Å². The Kier molecular flexibility index (Phi) is 5.12. The average molecular weight is 380 g/mol. The molecule has 0 amide bonds. The van der Waals surface area contributed by atoms with Gasteiger partial charge in [-0.05, 0) is 35.7 Å². The molecule has 2 N–H and O–H groups in total. The molecule has 0 radical (unpaired) electrons. The van der Waals surface area contributed by atoms with E-state index in [1.165, 1.54) is 11.1 Å². The minimum atomic E-state index is 0.491. The number of halogens is 1. The van der Waals surface area contributed by atoms with Crippen LogP contribution in [0.1, 0.15) is 5.69 Å². The number of anilines is 1. The molecule has 1 aromatic heterocycles. The summed E-state index contributed by atoms with van der Waals surface area (Å²) < 4.78 is 0. The molecular formula is C21H22ClN5. The number of nitrogens with zero attached hydrogens (tertiary/aromatic N) is 4. The van der Waals surface area contributed by atoms with Crippen molar-refractivity contribution in [2.45, 2.75) is 6.54 Å². The number of aromatic nitrogens is 1. The topological polar surface area (TPSA) is 57.8 Å². The zero-order chi connectivity index (χ0) is 18.6. The summed E-state index contributed by atoms with van der Waals surface area (Å²) in [5.74, 6) is 0.584. The van der Waals surface area contributed by atoms with Gasteiger partial charge in [0.25, 0.3) is 0 Å². The molecular weight excluding hydrogens is 358 g/mol. The molecule has 0 saturated carbocycles. The van der Waals surface area contributed by atoms with Crippen molar-refractivity contribution < 1.29 is 0 Å². The highest BCUT2D eigenvalue weighted by atomic mass is 35.5. The molecule has 6 heteroatoms. The van der Waals surface area contributed by atoms with Gasteiger partial charge in [0.15, 0.2) is 5.96 Å². The van der Waals surface area contributed by atoms with Gasteiger partial charge in [-0.2, -0.15) is 0 Å². The zero-order valence-corrected chi connectivity index (χ0v) is 15.8. The van der Waals surface area contributed by atoms with E-state index in [9.17, 15) is 0 Å². The molecule has 2 aromatic carbocycles. The molecule has 1 aliphatic heterocycles. The number of benzene rings is 2. The Morgan fingerprint density at radius 2 is 1.74 bits per heavy atom. The van der Waals surface area contributed by atoms with E-state index >= 15 is 0 Å². The third-order valence-corrected chi connectivity index (χ3v) is 5.19. The number of pyridine rings is 1. The van der Waals surface area contributed by atoms with Crippen molar-refractivity contribution in [3.8, 4) is 0 Å². The summed E-state index contributed by atoms with van der Waals surface area (Å²) in [5, 5.41) is 3.06.